The van der Waals surface area contributed by atoms with E-state index < -0.39 is 0 Å². The Morgan fingerprint density at radius 2 is 2.21 bits per heavy atom. The second-order valence-electron chi connectivity index (χ2n) is 4.37. The fraction of sp³-hybridized carbons (Fsp3) is 0.357. The van der Waals surface area contributed by atoms with Crippen LogP contribution in [0.3, 0.4) is 0 Å². The van der Waals surface area contributed by atoms with Gasteiger partial charge in [-0.2, -0.15) is 5.10 Å². The van der Waals surface area contributed by atoms with Crippen LogP contribution in [0.15, 0.2) is 34.9 Å². The molecule has 1 atom stereocenters. The molecule has 0 aliphatic carbocycles. The molecule has 2 aromatic rings. The molecule has 0 radical (unpaired) electrons. The van der Waals surface area contributed by atoms with E-state index in [4.69, 9.17) is 11.6 Å². The number of hydrogen-bond donors (Lipinski definition) is 1. The molecular formula is C14H17BrClN3. The van der Waals surface area contributed by atoms with Gasteiger partial charge in [0.05, 0.1) is 11.7 Å². The first kappa shape index (κ1) is 14.6. The molecule has 1 aromatic carbocycles. The van der Waals surface area contributed by atoms with Crippen molar-refractivity contribution < 1.29 is 0 Å². The van der Waals surface area contributed by atoms with Gasteiger partial charge in [0, 0.05) is 22.2 Å². The second-order valence-corrected chi connectivity index (χ2v) is 5.66. The average molecular weight is 343 g/mol. The Morgan fingerprint density at radius 1 is 1.42 bits per heavy atom. The van der Waals surface area contributed by atoms with Crippen LogP contribution in [0.2, 0.25) is 5.02 Å². The maximum atomic E-state index is 6.11. The summed E-state index contributed by atoms with van der Waals surface area (Å²) in [5.74, 6) is 0. The van der Waals surface area contributed by atoms with E-state index in [1.807, 2.05) is 42.2 Å². The van der Waals surface area contributed by atoms with Crippen molar-refractivity contribution in [2.24, 2.45) is 0 Å². The van der Waals surface area contributed by atoms with Gasteiger partial charge < -0.3 is 5.32 Å². The topological polar surface area (TPSA) is 29.9 Å². The molecule has 0 spiro atoms. The summed E-state index contributed by atoms with van der Waals surface area (Å²) in [6.07, 6.45) is 2.90. The molecule has 1 aromatic heterocycles. The van der Waals surface area contributed by atoms with Gasteiger partial charge in [-0.05, 0) is 43.3 Å². The third kappa shape index (κ3) is 3.19. The first-order valence-electron chi connectivity index (χ1n) is 6.31. The van der Waals surface area contributed by atoms with Crippen molar-refractivity contribution in [1.82, 2.24) is 15.1 Å². The minimum Gasteiger partial charge on any atom is -0.308 e. The molecule has 1 heterocycles. The summed E-state index contributed by atoms with van der Waals surface area (Å²) in [5, 5.41) is 8.46. The highest BCUT2D eigenvalue weighted by molar-refractivity contribution is 9.10. The number of benzene rings is 1. The van der Waals surface area contributed by atoms with Crippen molar-refractivity contribution in [3.8, 4) is 0 Å². The second kappa shape index (κ2) is 6.55. The van der Waals surface area contributed by atoms with Gasteiger partial charge in [0.1, 0.15) is 0 Å². The molecule has 19 heavy (non-hydrogen) atoms. The van der Waals surface area contributed by atoms with Crippen molar-refractivity contribution >= 4 is 27.5 Å². The van der Waals surface area contributed by atoms with E-state index in [0.29, 0.717) is 0 Å². The van der Waals surface area contributed by atoms with E-state index in [9.17, 15) is 0 Å². The maximum absolute atomic E-state index is 6.11. The number of aromatic nitrogens is 2. The Bertz CT molecular complexity index is 553. The van der Waals surface area contributed by atoms with Crippen LogP contribution < -0.4 is 5.32 Å². The molecule has 0 amide bonds. The molecule has 2 rings (SSSR count). The predicted molar refractivity (Wildman–Crippen MR) is 82.6 cm³/mol. The molecule has 0 aliphatic heterocycles. The molecule has 0 aliphatic rings. The number of rotatable bonds is 5. The van der Waals surface area contributed by atoms with E-state index in [-0.39, 0.29) is 6.04 Å². The SMILES string of the molecule is CCCn1nccc1C(NC)c1cc(Cl)ccc1Br. The van der Waals surface area contributed by atoms with Crippen molar-refractivity contribution in [2.75, 3.05) is 7.05 Å². The molecule has 1 unspecified atom stereocenters. The van der Waals surface area contributed by atoms with Gasteiger partial charge in [-0.15, -0.1) is 0 Å². The highest BCUT2D eigenvalue weighted by Crippen LogP contribution is 2.30. The van der Waals surface area contributed by atoms with Gasteiger partial charge in [0.2, 0.25) is 0 Å². The molecule has 102 valence electrons. The Morgan fingerprint density at radius 3 is 2.89 bits per heavy atom. The Balaban J connectivity index is 2.44. The minimum atomic E-state index is 0.0714. The molecule has 0 bridgehead atoms. The molecule has 0 saturated carbocycles. The number of hydrogen-bond acceptors (Lipinski definition) is 2. The summed E-state index contributed by atoms with van der Waals surface area (Å²) in [6.45, 7) is 3.06. The van der Waals surface area contributed by atoms with E-state index >= 15 is 0 Å². The number of halogens is 2. The maximum Gasteiger partial charge on any atom is 0.0757 e. The van der Waals surface area contributed by atoms with E-state index in [2.05, 4.69) is 33.3 Å². The number of aryl methyl sites for hydroxylation is 1. The van der Waals surface area contributed by atoms with Crippen molar-refractivity contribution in [3.63, 3.8) is 0 Å². The Hall–Kier alpha value is -0.840. The van der Waals surface area contributed by atoms with Crippen LogP contribution in [0.5, 0.6) is 0 Å². The summed E-state index contributed by atoms with van der Waals surface area (Å²) in [7, 11) is 1.95. The molecule has 3 nitrogen and oxygen atoms in total. The fourth-order valence-corrected chi connectivity index (χ4v) is 2.84. The lowest BCUT2D eigenvalue weighted by Crippen LogP contribution is -2.22. The van der Waals surface area contributed by atoms with E-state index in [0.717, 1.165) is 33.7 Å². The quantitative estimate of drug-likeness (QED) is 0.889. The zero-order valence-electron chi connectivity index (χ0n) is 11.0. The highest BCUT2D eigenvalue weighted by Gasteiger charge is 2.19. The van der Waals surface area contributed by atoms with Crippen LogP contribution >= 0.6 is 27.5 Å². The third-order valence-electron chi connectivity index (χ3n) is 3.04. The lowest BCUT2D eigenvalue weighted by molar-refractivity contribution is 0.534. The summed E-state index contributed by atoms with van der Waals surface area (Å²) in [4.78, 5) is 0. The Kier molecular flexibility index (Phi) is 5.02. The lowest BCUT2D eigenvalue weighted by Gasteiger charge is -2.20. The molecule has 0 saturated heterocycles. The van der Waals surface area contributed by atoms with Gasteiger partial charge in [-0.3, -0.25) is 4.68 Å². The number of nitrogens with one attached hydrogen (secondary N) is 1. The van der Waals surface area contributed by atoms with Crippen molar-refractivity contribution in [2.45, 2.75) is 25.9 Å². The monoisotopic (exact) mass is 341 g/mol. The smallest absolute Gasteiger partial charge is 0.0757 e. The van der Waals surface area contributed by atoms with Crippen LogP contribution in [0.4, 0.5) is 0 Å². The van der Waals surface area contributed by atoms with Gasteiger partial charge in [0.25, 0.3) is 0 Å². The van der Waals surface area contributed by atoms with Crippen LogP contribution in [-0.4, -0.2) is 16.8 Å². The van der Waals surface area contributed by atoms with Gasteiger partial charge in [-0.25, -0.2) is 0 Å². The lowest BCUT2D eigenvalue weighted by atomic mass is 10.0. The van der Waals surface area contributed by atoms with Crippen LogP contribution in [-0.2, 0) is 6.54 Å². The number of nitrogens with zero attached hydrogens (tertiary/aromatic N) is 2. The summed E-state index contributed by atoms with van der Waals surface area (Å²) >= 11 is 9.70. The van der Waals surface area contributed by atoms with Crippen LogP contribution in [0.25, 0.3) is 0 Å². The third-order valence-corrected chi connectivity index (χ3v) is 4.00. The normalized spacial score (nSPS) is 12.6. The fourth-order valence-electron chi connectivity index (χ4n) is 2.19. The summed E-state index contributed by atoms with van der Waals surface area (Å²) in [5.41, 5.74) is 2.26. The summed E-state index contributed by atoms with van der Waals surface area (Å²) in [6, 6.07) is 7.95. The molecular weight excluding hydrogens is 326 g/mol. The zero-order chi connectivity index (χ0) is 13.8. The molecule has 5 heteroatoms. The van der Waals surface area contributed by atoms with E-state index in [1.165, 1.54) is 0 Å². The van der Waals surface area contributed by atoms with Gasteiger partial charge in [0.15, 0.2) is 0 Å². The van der Waals surface area contributed by atoms with Gasteiger partial charge in [-0.1, -0.05) is 34.5 Å². The van der Waals surface area contributed by atoms with Crippen molar-refractivity contribution in [1.29, 1.82) is 0 Å². The molecule has 1 N–H and O–H groups in total. The first-order valence-corrected chi connectivity index (χ1v) is 7.48. The molecule has 0 fully saturated rings. The summed E-state index contributed by atoms with van der Waals surface area (Å²) < 4.78 is 3.08. The average Bonchev–Trinajstić information content (AvgIpc) is 2.83. The van der Waals surface area contributed by atoms with Crippen LogP contribution in [0.1, 0.15) is 30.6 Å². The predicted octanol–water partition coefficient (Wildman–Crippen LogP) is 4.02. The Labute approximate surface area is 127 Å². The first-order chi connectivity index (χ1) is 9.17. The van der Waals surface area contributed by atoms with Crippen LogP contribution in [0, 0.1) is 0 Å². The van der Waals surface area contributed by atoms with Gasteiger partial charge >= 0.3 is 0 Å². The largest absolute Gasteiger partial charge is 0.308 e. The van der Waals surface area contributed by atoms with Crippen molar-refractivity contribution in [3.05, 3.63) is 51.2 Å². The minimum absolute atomic E-state index is 0.0714. The highest BCUT2D eigenvalue weighted by atomic mass is 79.9. The standard InChI is InChI=1S/C14H17BrClN3/c1-3-8-19-13(6-7-18-19)14(17-2)11-9-10(16)4-5-12(11)15/h4-7,9,14,17H,3,8H2,1-2H3. The van der Waals surface area contributed by atoms with E-state index in [1.54, 1.807) is 0 Å². The zero-order valence-corrected chi connectivity index (χ0v) is 13.4.